The molecular weight excluding hydrogens is 304 g/mol. The molecule has 0 saturated carbocycles. The molecule has 0 aliphatic rings. The Morgan fingerprint density at radius 3 is 2.50 bits per heavy atom. The van der Waals surface area contributed by atoms with E-state index in [1.165, 1.54) is 0 Å². The third-order valence-corrected chi connectivity index (χ3v) is 3.07. The fraction of sp³-hybridized carbons (Fsp3) is 0.500. The Balaban J connectivity index is 2.32. The van der Waals surface area contributed by atoms with Gasteiger partial charge in [0.15, 0.2) is 5.96 Å². The lowest BCUT2D eigenvalue weighted by atomic mass is 10.2. The zero-order chi connectivity index (χ0) is 16.6. The summed E-state index contributed by atoms with van der Waals surface area (Å²) in [5, 5.41) is 2.96. The predicted molar refractivity (Wildman–Crippen MR) is 89.7 cm³/mol. The van der Waals surface area contributed by atoms with Crippen LogP contribution >= 0.6 is 0 Å². The summed E-state index contributed by atoms with van der Waals surface area (Å²) >= 11 is 0. The number of hydrogen-bond acceptors (Lipinski definition) is 4. The number of sulfonamides is 1. The Kier molecular flexibility index (Phi) is 6.97. The van der Waals surface area contributed by atoms with Crippen LogP contribution in [0.25, 0.3) is 0 Å². The first-order valence-electron chi connectivity index (χ1n) is 7.00. The van der Waals surface area contributed by atoms with Gasteiger partial charge in [-0.3, -0.25) is 9.71 Å². The van der Waals surface area contributed by atoms with Crippen LogP contribution in [0, 0.1) is 5.92 Å². The van der Waals surface area contributed by atoms with Crippen molar-refractivity contribution < 1.29 is 13.2 Å². The molecule has 0 aliphatic carbocycles. The lowest BCUT2D eigenvalue weighted by Gasteiger charge is -2.09. The number of ether oxygens (including phenoxy) is 1. The van der Waals surface area contributed by atoms with Crippen molar-refractivity contribution in [3.8, 4) is 5.75 Å². The van der Waals surface area contributed by atoms with Crippen molar-refractivity contribution in [1.29, 1.82) is 0 Å². The van der Waals surface area contributed by atoms with Crippen LogP contribution < -0.4 is 20.5 Å². The maximum atomic E-state index is 11.1. The van der Waals surface area contributed by atoms with Gasteiger partial charge >= 0.3 is 0 Å². The summed E-state index contributed by atoms with van der Waals surface area (Å²) in [4.78, 5) is 4.18. The standard InChI is InChI=1S/C14H24N4O3S/c1-11(2)10-17-14(15)16-8-9-21-13-6-4-12(5-7-13)18-22(3,19)20/h4-7,11,18H,8-10H2,1-3H3,(H3,15,16,17). The van der Waals surface area contributed by atoms with Gasteiger partial charge in [0, 0.05) is 12.2 Å². The molecule has 1 aromatic rings. The molecule has 7 nitrogen and oxygen atoms in total. The van der Waals surface area contributed by atoms with Gasteiger partial charge in [-0.05, 0) is 30.2 Å². The molecule has 0 aliphatic heterocycles. The second-order valence-corrected chi connectivity index (χ2v) is 7.04. The second kappa shape index (κ2) is 8.47. The van der Waals surface area contributed by atoms with E-state index in [1.54, 1.807) is 24.3 Å². The van der Waals surface area contributed by atoms with Crippen molar-refractivity contribution in [1.82, 2.24) is 5.32 Å². The number of anilines is 1. The molecule has 1 rings (SSSR count). The number of aliphatic imine (C=N–C) groups is 1. The topological polar surface area (TPSA) is 106 Å². The van der Waals surface area contributed by atoms with Gasteiger partial charge in [-0.1, -0.05) is 13.8 Å². The number of rotatable bonds is 8. The molecule has 22 heavy (non-hydrogen) atoms. The van der Waals surface area contributed by atoms with E-state index in [4.69, 9.17) is 10.5 Å². The molecule has 0 aromatic heterocycles. The molecule has 0 radical (unpaired) electrons. The van der Waals surface area contributed by atoms with E-state index < -0.39 is 10.0 Å². The number of guanidine groups is 1. The number of benzene rings is 1. The molecule has 0 spiro atoms. The molecule has 124 valence electrons. The largest absolute Gasteiger partial charge is 0.492 e. The first-order valence-corrected chi connectivity index (χ1v) is 8.90. The van der Waals surface area contributed by atoms with Gasteiger partial charge in [-0.25, -0.2) is 8.42 Å². The van der Waals surface area contributed by atoms with Crippen molar-refractivity contribution in [2.24, 2.45) is 16.6 Å². The number of hydrogen-bond donors (Lipinski definition) is 3. The van der Waals surface area contributed by atoms with Gasteiger partial charge in [0.05, 0.1) is 12.8 Å². The molecule has 0 bridgehead atoms. The van der Waals surface area contributed by atoms with Gasteiger partial charge in [-0.15, -0.1) is 0 Å². The average molecular weight is 328 g/mol. The summed E-state index contributed by atoms with van der Waals surface area (Å²) in [5.41, 5.74) is 6.20. The first-order chi connectivity index (χ1) is 10.3. The molecule has 4 N–H and O–H groups in total. The highest BCUT2D eigenvalue weighted by atomic mass is 32.2. The van der Waals surface area contributed by atoms with E-state index in [2.05, 4.69) is 28.9 Å². The SMILES string of the molecule is CC(C)CN=C(N)NCCOc1ccc(NS(C)(=O)=O)cc1. The maximum Gasteiger partial charge on any atom is 0.229 e. The third kappa shape index (κ3) is 8.35. The van der Waals surface area contributed by atoms with Crippen LogP contribution in [0.4, 0.5) is 5.69 Å². The van der Waals surface area contributed by atoms with Crippen LogP contribution in [0.2, 0.25) is 0 Å². The fourth-order valence-electron chi connectivity index (χ4n) is 1.52. The lowest BCUT2D eigenvalue weighted by Crippen LogP contribution is -2.35. The van der Waals surface area contributed by atoms with E-state index >= 15 is 0 Å². The molecule has 0 saturated heterocycles. The summed E-state index contributed by atoms with van der Waals surface area (Å²) in [6, 6.07) is 6.68. The summed E-state index contributed by atoms with van der Waals surface area (Å²) < 4.78 is 30.1. The Morgan fingerprint density at radius 1 is 1.32 bits per heavy atom. The van der Waals surface area contributed by atoms with E-state index in [9.17, 15) is 8.42 Å². The van der Waals surface area contributed by atoms with E-state index in [-0.39, 0.29) is 0 Å². The molecule has 1 aromatic carbocycles. The van der Waals surface area contributed by atoms with Gasteiger partial charge < -0.3 is 15.8 Å². The fourth-order valence-corrected chi connectivity index (χ4v) is 2.08. The normalized spacial score (nSPS) is 12.3. The zero-order valence-corrected chi connectivity index (χ0v) is 14.0. The van der Waals surface area contributed by atoms with Crippen molar-refractivity contribution in [2.75, 3.05) is 30.7 Å². The smallest absolute Gasteiger partial charge is 0.229 e. The average Bonchev–Trinajstić information content (AvgIpc) is 2.41. The summed E-state index contributed by atoms with van der Waals surface area (Å²) in [6.07, 6.45) is 1.11. The third-order valence-electron chi connectivity index (χ3n) is 2.46. The molecular formula is C14H24N4O3S. The number of nitrogens with zero attached hydrogens (tertiary/aromatic N) is 1. The van der Waals surface area contributed by atoms with Crippen LogP contribution in [0.3, 0.4) is 0 Å². The predicted octanol–water partition coefficient (Wildman–Crippen LogP) is 0.997. The Labute approximate surface area is 132 Å². The van der Waals surface area contributed by atoms with Crippen LogP contribution in [-0.4, -0.2) is 40.3 Å². The van der Waals surface area contributed by atoms with Gasteiger partial charge in [-0.2, -0.15) is 0 Å². The Morgan fingerprint density at radius 2 is 1.95 bits per heavy atom. The Hall–Kier alpha value is -1.96. The van der Waals surface area contributed by atoms with Gasteiger partial charge in [0.2, 0.25) is 10.0 Å². The zero-order valence-electron chi connectivity index (χ0n) is 13.2. The van der Waals surface area contributed by atoms with Crippen molar-refractivity contribution in [3.05, 3.63) is 24.3 Å². The van der Waals surface area contributed by atoms with Gasteiger partial charge in [0.1, 0.15) is 12.4 Å². The van der Waals surface area contributed by atoms with Crippen LogP contribution in [0.5, 0.6) is 5.75 Å². The van der Waals surface area contributed by atoms with Crippen LogP contribution in [0.15, 0.2) is 29.3 Å². The van der Waals surface area contributed by atoms with Crippen LogP contribution in [-0.2, 0) is 10.0 Å². The molecule has 8 heteroatoms. The second-order valence-electron chi connectivity index (χ2n) is 5.29. The summed E-state index contributed by atoms with van der Waals surface area (Å²) in [5.74, 6) is 1.53. The van der Waals surface area contributed by atoms with Crippen molar-refractivity contribution in [3.63, 3.8) is 0 Å². The lowest BCUT2D eigenvalue weighted by molar-refractivity contribution is 0.322. The minimum absolute atomic E-state index is 0.407. The molecule has 0 fully saturated rings. The highest BCUT2D eigenvalue weighted by Gasteiger charge is 2.02. The Bertz CT molecular complexity index is 583. The minimum Gasteiger partial charge on any atom is -0.492 e. The molecule has 0 atom stereocenters. The number of nitrogens with one attached hydrogen (secondary N) is 2. The first kappa shape index (κ1) is 18.1. The summed E-state index contributed by atoms with van der Waals surface area (Å²) in [7, 11) is -3.26. The van der Waals surface area contributed by atoms with Crippen LogP contribution in [0.1, 0.15) is 13.8 Å². The van der Waals surface area contributed by atoms with Crippen molar-refractivity contribution in [2.45, 2.75) is 13.8 Å². The number of nitrogens with two attached hydrogens (primary N) is 1. The highest BCUT2D eigenvalue weighted by molar-refractivity contribution is 7.92. The summed E-state index contributed by atoms with van der Waals surface area (Å²) in [6.45, 7) is 5.80. The highest BCUT2D eigenvalue weighted by Crippen LogP contribution is 2.16. The van der Waals surface area contributed by atoms with E-state index in [0.717, 1.165) is 6.26 Å². The quantitative estimate of drug-likeness (QED) is 0.375. The monoisotopic (exact) mass is 328 g/mol. The molecule has 0 unspecified atom stereocenters. The van der Waals surface area contributed by atoms with Gasteiger partial charge in [0.25, 0.3) is 0 Å². The molecule has 0 amide bonds. The minimum atomic E-state index is -3.26. The maximum absolute atomic E-state index is 11.1. The van der Waals surface area contributed by atoms with E-state index in [0.29, 0.717) is 43.0 Å². The van der Waals surface area contributed by atoms with E-state index in [1.807, 2.05) is 0 Å². The molecule has 0 heterocycles. The van der Waals surface area contributed by atoms with Crippen molar-refractivity contribution >= 4 is 21.7 Å².